The molecule has 1 aromatic heterocycles. The van der Waals surface area contributed by atoms with Crippen LogP contribution in [0.25, 0.3) is 5.69 Å². The maximum atomic E-state index is 12.6. The van der Waals surface area contributed by atoms with E-state index in [1.165, 1.54) is 12.1 Å². The quantitative estimate of drug-likeness (QED) is 0.723. The highest BCUT2D eigenvalue weighted by Gasteiger charge is 2.20. The summed E-state index contributed by atoms with van der Waals surface area (Å²) in [6, 6.07) is 11.2. The molecule has 0 atom stereocenters. The van der Waals surface area contributed by atoms with Crippen molar-refractivity contribution in [2.45, 2.75) is 11.8 Å². The minimum Gasteiger partial charge on any atom is -0.322 e. The molecule has 0 radical (unpaired) electrons. The van der Waals surface area contributed by atoms with Gasteiger partial charge in [-0.1, -0.05) is 30.7 Å². The molecule has 0 bridgehead atoms. The third-order valence-corrected chi connectivity index (χ3v) is 5.92. The second-order valence-corrected chi connectivity index (χ2v) is 8.14. The highest BCUT2D eigenvalue weighted by molar-refractivity contribution is 7.91. The SMILES string of the molecule is CCS(=O)(=O)c1ccccc1C(=O)Nc1ccc(-n2ccnc2)c(Cl)c1. The van der Waals surface area contributed by atoms with Gasteiger partial charge in [-0.15, -0.1) is 0 Å². The highest BCUT2D eigenvalue weighted by atomic mass is 35.5. The molecule has 0 aliphatic carbocycles. The lowest BCUT2D eigenvalue weighted by Gasteiger charge is -2.11. The molecule has 1 amide bonds. The Labute approximate surface area is 156 Å². The van der Waals surface area contributed by atoms with Crippen LogP contribution in [-0.4, -0.2) is 29.6 Å². The summed E-state index contributed by atoms with van der Waals surface area (Å²) in [5.41, 5.74) is 1.29. The van der Waals surface area contributed by atoms with Gasteiger partial charge in [0.1, 0.15) is 0 Å². The molecule has 1 heterocycles. The third-order valence-electron chi connectivity index (χ3n) is 3.83. The van der Waals surface area contributed by atoms with Crippen LogP contribution in [-0.2, 0) is 9.84 Å². The molecule has 0 unspecified atom stereocenters. The Morgan fingerprint density at radius 2 is 2.00 bits per heavy atom. The van der Waals surface area contributed by atoms with Crippen molar-refractivity contribution in [1.29, 1.82) is 0 Å². The van der Waals surface area contributed by atoms with E-state index < -0.39 is 15.7 Å². The summed E-state index contributed by atoms with van der Waals surface area (Å²) in [6.45, 7) is 1.54. The van der Waals surface area contributed by atoms with Crippen LogP contribution in [0.4, 0.5) is 5.69 Å². The number of carbonyl (C=O) groups is 1. The van der Waals surface area contributed by atoms with E-state index in [-0.39, 0.29) is 16.2 Å². The summed E-state index contributed by atoms with van der Waals surface area (Å²) in [5, 5.41) is 3.12. The number of benzene rings is 2. The van der Waals surface area contributed by atoms with Gasteiger partial charge < -0.3 is 9.88 Å². The van der Waals surface area contributed by atoms with E-state index in [0.29, 0.717) is 10.7 Å². The Bertz CT molecular complexity index is 1050. The van der Waals surface area contributed by atoms with E-state index in [9.17, 15) is 13.2 Å². The first-order valence-electron chi connectivity index (χ1n) is 7.83. The fourth-order valence-electron chi connectivity index (χ4n) is 2.48. The Morgan fingerprint density at radius 1 is 1.23 bits per heavy atom. The van der Waals surface area contributed by atoms with Crippen LogP contribution in [0.1, 0.15) is 17.3 Å². The lowest BCUT2D eigenvalue weighted by atomic mass is 10.2. The molecule has 26 heavy (non-hydrogen) atoms. The van der Waals surface area contributed by atoms with Crippen LogP contribution in [0, 0.1) is 0 Å². The molecule has 0 aliphatic rings. The van der Waals surface area contributed by atoms with Gasteiger partial charge in [-0.25, -0.2) is 13.4 Å². The molecular formula is C18H16ClN3O3S. The second-order valence-electron chi connectivity index (χ2n) is 5.49. The highest BCUT2D eigenvalue weighted by Crippen LogP contribution is 2.25. The number of imidazole rings is 1. The van der Waals surface area contributed by atoms with Crippen LogP contribution >= 0.6 is 11.6 Å². The summed E-state index contributed by atoms with van der Waals surface area (Å²) in [6.07, 6.45) is 5.01. The van der Waals surface area contributed by atoms with Gasteiger partial charge in [-0.05, 0) is 30.3 Å². The third kappa shape index (κ3) is 3.63. The summed E-state index contributed by atoms with van der Waals surface area (Å²) >= 11 is 6.28. The number of hydrogen-bond donors (Lipinski definition) is 1. The Kier molecular flexibility index (Phi) is 5.11. The number of rotatable bonds is 5. The predicted molar refractivity (Wildman–Crippen MR) is 101 cm³/mol. The molecule has 6 nitrogen and oxygen atoms in total. The number of anilines is 1. The zero-order chi connectivity index (χ0) is 18.7. The van der Waals surface area contributed by atoms with Crippen LogP contribution in [0.3, 0.4) is 0 Å². The molecule has 0 spiro atoms. The fourth-order valence-corrected chi connectivity index (χ4v) is 3.85. The number of amides is 1. The van der Waals surface area contributed by atoms with Crippen molar-refractivity contribution < 1.29 is 13.2 Å². The van der Waals surface area contributed by atoms with Gasteiger partial charge in [0.2, 0.25) is 0 Å². The first-order valence-corrected chi connectivity index (χ1v) is 9.86. The van der Waals surface area contributed by atoms with Gasteiger partial charge in [0.25, 0.3) is 5.91 Å². The maximum Gasteiger partial charge on any atom is 0.256 e. The molecule has 3 rings (SSSR count). The van der Waals surface area contributed by atoms with E-state index >= 15 is 0 Å². The van der Waals surface area contributed by atoms with Gasteiger partial charge in [-0.2, -0.15) is 0 Å². The molecular weight excluding hydrogens is 374 g/mol. The number of carbonyl (C=O) groups excluding carboxylic acids is 1. The van der Waals surface area contributed by atoms with Crippen molar-refractivity contribution in [2.24, 2.45) is 0 Å². The lowest BCUT2D eigenvalue weighted by molar-refractivity contribution is 0.102. The maximum absolute atomic E-state index is 12.6. The largest absolute Gasteiger partial charge is 0.322 e. The molecule has 0 saturated carbocycles. The summed E-state index contributed by atoms with van der Waals surface area (Å²) in [7, 11) is -3.51. The molecule has 0 fully saturated rings. The van der Waals surface area contributed by atoms with Gasteiger partial charge in [0, 0.05) is 18.1 Å². The van der Waals surface area contributed by atoms with Crippen molar-refractivity contribution in [3.63, 3.8) is 0 Å². The molecule has 1 N–H and O–H groups in total. The average molecular weight is 390 g/mol. The number of aromatic nitrogens is 2. The summed E-state index contributed by atoms with van der Waals surface area (Å²) < 4.78 is 26.1. The monoisotopic (exact) mass is 389 g/mol. The van der Waals surface area contributed by atoms with Gasteiger partial charge in [0.15, 0.2) is 9.84 Å². The molecule has 134 valence electrons. The van der Waals surface area contributed by atoms with Gasteiger partial charge in [0.05, 0.1) is 33.2 Å². The number of nitrogens with one attached hydrogen (secondary N) is 1. The number of nitrogens with zero attached hydrogens (tertiary/aromatic N) is 2. The number of halogens is 1. The number of hydrogen-bond acceptors (Lipinski definition) is 4. The molecule has 0 aliphatic heterocycles. The van der Waals surface area contributed by atoms with Gasteiger partial charge >= 0.3 is 0 Å². The minimum absolute atomic E-state index is 0.0149. The number of sulfone groups is 1. The van der Waals surface area contributed by atoms with Crippen molar-refractivity contribution in [1.82, 2.24) is 9.55 Å². The minimum atomic E-state index is -3.51. The van der Waals surface area contributed by atoms with Crippen LogP contribution < -0.4 is 5.32 Å². The smallest absolute Gasteiger partial charge is 0.256 e. The molecule has 0 saturated heterocycles. The molecule has 8 heteroatoms. The topological polar surface area (TPSA) is 81.1 Å². The van der Waals surface area contributed by atoms with Crippen molar-refractivity contribution in [2.75, 3.05) is 11.1 Å². The Balaban J connectivity index is 1.89. The van der Waals surface area contributed by atoms with Crippen LogP contribution in [0.2, 0.25) is 5.02 Å². The van der Waals surface area contributed by atoms with E-state index in [4.69, 9.17) is 11.6 Å². The first kappa shape index (κ1) is 18.2. The van der Waals surface area contributed by atoms with E-state index in [1.807, 2.05) is 0 Å². The zero-order valence-electron chi connectivity index (χ0n) is 13.9. The fraction of sp³-hybridized carbons (Fsp3) is 0.111. The summed E-state index contributed by atoms with van der Waals surface area (Å²) in [5.74, 6) is -0.591. The average Bonchev–Trinajstić information content (AvgIpc) is 3.16. The van der Waals surface area contributed by atoms with Crippen molar-refractivity contribution in [3.8, 4) is 5.69 Å². The van der Waals surface area contributed by atoms with Crippen molar-refractivity contribution in [3.05, 3.63) is 71.8 Å². The predicted octanol–water partition coefficient (Wildman–Crippen LogP) is 3.57. The van der Waals surface area contributed by atoms with Crippen LogP contribution in [0.5, 0.6) is 0 Å². The van der Waals surface area contributed by atoms with Gasteiger partial charge in [-0.3, -0.25) is 4.79 Å². The zero-order valence-corrected chi connectivity index (χ0v) is 15.5. The Hall–Kier alpha value is -2.64. The molecule has 3 aromatic rings. The normalized spacial score (nSPS) is 11.3. The standard InChI is InChI=1S/C18H16ClN3O3S/c1-2-26(24,25)17-6-4-3-5-14(17)18(23)21-13-7-8-16(15(19)11-13)22-10-9-20-12-22/h3-12H,2H2,1H3,(H,21,23). The van der Waals surface area contributed by atoms with E-state index in [1.54, 1.807) is 60.5 Å². The summed E-state index contributed by atoms with van der Waals surface area (Å²) in [4.78, 5) is 16.6. The van der Waals surface area contributed by atoms with Crippen LogP contribution in [0.15, 0.2) is 66.1 Å². The first-order chi connectivity index (χ1) is 12.4. The van der Waals surface area contributed by atoms with E-state index in [2.05, 4.69) is 10.3 Å². The second kappa shape index (κ2) is 7.31. The lowest BCUT2D eigenvalue weighted by Crippen LogP contribution is -2.17. The Morgan fingerprint density at radius 3 is 2.65 bits per heavy atom. The molecule has 2 aromatic carbocycles. The van der Waals surface area contributed by atoms with Crippen molar-refractivity contribution >= 4 is 33.0 Å². The van der Waals surface area contributed by atoms with E-state index in [0.717, 1.165) is 5.69 Å².